The predicted octanol–water partition coefficient (Wildman–Crippen LogP) is 6.02. The Morgan fingerprint density at radius 1 is 1.25 bits per heavy atom. The van der Waals surface area contributed by atoms with E-state index in [2.05, 4.69) is 62.3 Å². The highest BCUT2D eigenvalue weighted by Crippen LogP contribution is 2.30. The van der Waals surface area contributed by atoms with E-state index in [0.717, 1.165) is 25.7 Å². The smallest absolute Gasteiger partial charge is 0.161 e. The number of rotatable bonds is 3. The van der Waals surface area contributed by atoms with Gasteiger partial charge in [-0.05, 0) is 69.1 Å². The molecule has 0 atom stereocenters. The highest BCUT2D eigenvalue weighted by molar-refractivity contribution is 14.1. The molecule has 1 heterocycles. The molecule has 1 aromatic heterocycles. The van der Waals surface area contributed by atoms with Gasteiger partial charge in [-0.1, -0.05) is 37.0 Å². The van der Waals surface area contributed by atoms with Gasteiger partial charge < -0.3 is 0 Å². The molecule has 0 amide bonds. The maximum absolute atomic E-state index is 6.23. The summed E-state index contributed by atoms with van der Waals surface area (Å²) < 4.78 is 1.75. The molecule has 0 fully saturated rings. The van der Waals surface area contributed by atoms with Crippen molar-refractivity contribution in [3.8, 4) is 11.4 Å². The highest BCUT2D eigenvalue weighted by atomic mass is 127. The van der Waals surface area contributed by atoms with E-state index in [1.807, 2.05) is 18.2 Å². The Labute approximate surface area is 150 Å². The summed E-state index contributed by atoms with van der Waals surface area (Å²) in [6.45, 7) is 4.31. The fourth-order valence-corrected chi connectivity index (χ4v) is 2.90. The van der Waals surface area contributed by atoms with Gasteiger partial charge in [0.2, 0.25) is 0 Å². The van der Waals surface area contributed by atoms with Crippen molar-refractivity contribution in [3.05, 3.63) is 42.1 Å². The van der Waals surface area contributed by atoms with Crippen LogP contribution in [0.5, 0.6) is 0 Å². The number of hydrogen-bond acceptors (Lipinski definition) is 2. The molecule has 2 aromatic rings. The molecule has 0 bridgehead atoms. The maximum Gasteiger partial charge on any atom is 0.161 e. The zero-order valence-electron chi connectivity index (χ0n) is 10.9. The van der Waals surface area contributed by atoms with E-state index in [0.29, 0.717) is 21.9 Å². The van der Waals surface area contributed by atoms with E-state index in [4.69, 9.17) is 23.2 Å². The number of halogens is 4. The van der Waals surface area contributed by atoms with Gasteiger partial charge >= 0.3 is 0 Å². The monoisotopic (exact) mass is 484 g/mol. The van der Waals surface area contributed by atoms with Gasteiger partial charge in [-0.25, -0.2) is 9.97 Å². The van der Waals surface area contributed by atoms with Crippen molar-refractivity contribution in [2.45, 2.75) is 20.3 Å². The molecule has 0 spiro atoms. The van der Waals surface area contributed by atoms with Gasteiger partial charge in [0.25, 0.3) is 0 Å². The SMILES string of the molecule is CC(C)Cc1nc(-c2ccc(Cl)c(Br)c2)nc(Cl)c1I. The zero-order valence-corrected chi connectivity index (χ0v) is 16.2. The molecular formula is C14H12BrCl2IN2. The maximum atomic E-state index is 6.23. The average Bonchev–Trinajstić information content (AvgIpc) is 2.37. The summed E-state index contributed by atoms with van der Waals surface area (Å²) in [5, 5.41) is 1.16. The Hall–Kier alpha value is 0.0900. The Morgan fingerprint density at radius 3 is 2.55 bits per heavy atom. The second-order valence-corrected chi connectivity index (χ2v) is 7.52. The Morgan fingerprint density at radius 2 is 1.95 bits per heavy atom. The third-order valence-corrected chi connectivity index (χ3v) is 5.60. The molecule has 2 rings (SSSR count). The lowest BCUT2D eigenvalue weighted by Gasteiger charge is -2.10. The molecule has 0 unspecified atom stereocenters. The van der Waals surface area contributed by atoms with Gasteiger partial charge in [-0.15, -0.1) is 0 Å². The van der Waals surface area contributed by atoms with Crippen molar-refractivity contribution in [2.24, 2.45) is 5.92 Å². The average molecular weight is 486 g/mol. The van der Waals surface area contributed by atoms with Crippen LogP contribution in [0, 0.1) is 9.49 Å². The minimum atomic E-state index is 0.498. The van der Waals surface area contributed by atoms with E-state index in [1.165, 1.54) is 0 Å². The second kappa shape index (κ2) is 6.90. The highest BCUT2D eigenvalue weighted by Gasteiger charge is 2.14. The molecule has 6 heteroatoms. The van der Waals surface area contributed by atoms with Crippen LogP contribution in [0.15, 0.2) is 22.7 Å². The second-order valence-electron chi connectivity index (χ2n) is 4.83. The Bertz CT molecular complexity index is 647. The van der Waals surface area contributed by atoms with Crippen molar-refractivity contribution >= 4 is 61.7 Å². The van der Waals surface area contributed by atoms with Crippen LogP contribution in [0.25, 0.3) is 11.4 Å². The number of benzene rings is 1. The molecule has 0 aliphatic heterocycles. The molecule has 0 N–H and O–H groups in total. The van der Waals surface area contributed by atoms with Crippen molar-refractivity contribution in [2.75, 3.05) is 0 Å². The molecule has 20 heavy (non-hydrogen) atoms. The van der Waals surface area contributed by atoms with Gasteiger partial charge in [-0.3, -0.25) is 0 Å². The van der Waals surface area contributed by atoms with Gasteiger partial charge in [0.15, 0.2) is 5.82 Å². The standard InChI is InChI=1S/C14H12BrCl2IN2/c1-7(2)5-11-12(18)13(17)20-14(19-11)8-3-4-10(16)9(15)6-8/h3-4,6-7H,5H2,1-2H3. The van der Waals surface area contributed by atoms with E-state index in [-0.39, 0.29) is 0 Å². The first kappa shape index (κ1) is 16.5. The van der Waals surface area contributed by atoms with Crippen LogP contribution in [0.3, 0.4) is 0 Å². The van der Waals surface area contributed by atoms with E-state index in [1.54, 1.807) is 0 Å². The van der Waals surface area contributed by atoms with Gasteiger partial charge in [0.05, 0.1) is 14.3 Å². The third-order valence-electron chi connectivity index (χ3n) is 2.66. The van der Waals surface area contributed by atoms with Crippen molar-refractivity contribution in [1.29, 1.82) is 0 Å². The minimum absolute atomic E-state index is 0.498. The fourth-order valence-electron chi connectivity index (χ4n) is 1.75. The first-order chi connectivity index (χ1) is 9.38. The fraction of sp³-hybridized carbons (Fsp3) is 0.286. The summed E-state index contributed by atoms with van der Waals surface area (Å²) in [6.07, 6.45) is 0.877. The van der Waals surface area contributed by atoms with Gasteiger partial charge in [0, 0.05) is 10.0 Å². The van der Waals surface area contributed by atoms with E-state index < -0.39 is 0 Å². The summed E-state index contributed by atoms with van der Waals surface area (Å²) in [5.41, 5.74) is 1.88. The molecular weight excluding hydrogens is 474 g/mol. The van der Waals surface area contributed by atoms with Crippen LogP contribution >= 0.6 is 61.7 Å². The zero-order chi connectivity index (χ0) is 14.9. The van der Waals surface area contributed by atoms with Crippen LogP contribution in [0.2, 0.25) is 10.2 Å². The van der Waals surface area contributed by atoms with Crippen LogP contribution in [0.1, 0.15) is 19.5 Å². The summed E-state index contributed by atoms with van der Waals surface area (Å²) >= 11 is 17.8. The van der Waals surface area contributed by atoms with Crippen molar-refractivity contribution < 1.29 is 0 Å². The van der Waals surface area contributed by atoms with Gasteiger partial charge in [-0.2, -0.15) is 0 Å². The molecule has 0 radical (unpaired) electrons. The molecule has 0 aliphatic rings. The van der Waals surface area contributed by atoms with E-state index >= 15 is 0 Å². The van der Waals surface area contributed by atoms with E-state index in [9.17, 15) is 0 Å². The van der Waals surface area contributed by atoms with Crippen LogP contribution < -0.4 is 0 Å². The largest absolute Gasteiger partial charge is 0.232 e. The summed E-state index contributed by atoms with van der Waals surface area (Å²) in [6, 6.07) is 5.61. The lowest BCUT2D eigenvalue weighted by Crippen LogP contribution is -2.04. The lowest BCUT2D eigenvalue weighted by atomic mass is 10.1. The molecule has 106 valence electrons. The summed E-state index contributed by atoms with van der Waals surface area (Å²) in [7, 11) is 0. The summed E-state index contributed by atoms with van der Waals surface area (Å²) in [4.78, 5) is 9.01. The number of aromatic nitrogens is 2. The number of hydrogen-bond donors (Lipinski definition) is 0. The van der Waals surface area contributed by atoms with Crippen molar-refractivity contribution in [1.82, 2.24) is 9.97 Å². The molecule has 0 saturated heterocycles. The van der Waals surface area contributed by atoms with Crippen molar-refractivity contribution in [3.63, 3.8) is 0 Å². The van der Waals surface area contributed by atoms with Gasteiger partial charge in [0.1, 0.15) is 5.15 Å². The molecule has 2 nitrogen and oxygen atoms in total. The third kappa shape index (κ3) is 3.84. The first-order valence-corrected chi connectivity index (χ1v) is 8.68. The molecule has 1 aromatic carbocycles. The minimum Gasteiger partial charge on any atom is -0.232 e. The lowest BCUT2D eigenvalue weighted by molar-refractivity contribution is 0.632. The predicted molar refractivity (Wildman–Crippen MR) is 96.4 cm³/mol. The van der Waals surface area contributed by atoms with Crippen LogP contribution in [-0.2, 0) is 6.42 Å². The van der Waals surface area contributed by atoms with Crippen LogP contribution in [-0.4, -0.2) is 9.97 Å². The van der Waals surface area contributed by atoms with Crippen LogP contribution in [0.4, 0.5) is 0 Å². The quantitative estimate of drug-likeness (QED) is 0.392. The number of nitrogens with zero attached hydrogens (tertiary/aromatic N) is 2. The summed E-state index contributed by atoms with van der Waals surface area (Å²) in [5.74, 6) is 1.14. The molecule has 0 aliphatic carbocycles. The first-order valence-electron chi connectivity index (χ1n) is 6.05. The normalized spacial score (nSPS) is 11.2. The Balaban J connectivity index is 2.51. The Kier molecular flexibility index (Phi) is 5.68. The molecule has 0 saturated carbocycles. The topological polar surface area (TPSA) is 25.8 Å².